The van der Waals surface area contributed by atoms with Gasteiger partial charge in [-0.15, -0.1) is 0 Å². The summed E-state index contributed by atoms with van der Waals surface area (Å²) < 4.78 is 5.56. The van der Waals surface area contributed by atoms with E-state index in [0.29, 0.717) is 19.8 Å². The largest absolute Gasteiger partial charge is 0.395 e. The van der Waals surface area contributed by atoms with Crippen LogP contribution < -0.4 is 0 Å². The molecule has 6 heteroatoms. The molecule has 0 bridgehead atoms. The zero-order valence-corrected chi connectivity index (χ0v) is 11.9. The third-order valence-corrected chi connectivity index (χ3v) is 3.85. The molecule has 0 aromatic heterocycles. The first-order chi connectivity index (χ1) is 10.1. The summed E-state index contributed by atoms with van der Waals surface area (Å²) in [4.78, 5) is 1.74. The van der Waals surface area contributed by atoms with Crippen molar-refractivity contribution in [1.29, 1.82) is 0 Å². The Kier molecular flexibility index (Phi) is 6.10. The van der Waals surface area contributed by atoms with Gasteiger partial charge in [-0.2, -0.15) is 0 Å². The summed E-state index contributed by atoms with van der Waals surface area (Å²) >= 11 is 0. The van der Waals surface area contributed by atoms with Gasteiger partial charge in [0.2, 0.25) is 0 Å². The maximum atomic E-state index is 9.86. The maximum absolute atomic E-state index is 9.86. The lowest BCUT2D eigenvalue weighted by atomic mass is 9.94. The molecule has 1 saturated heterocycles. The molecule has 0 aliphatic carbocycles. The first kappa shape index (κ1) is 16.4. The van der Waals surface area contributed by atoms with E-state index >= 15 is 0 Å². The van der Waals surface area contributed by atoms with Gasteiger partial charge in [-0.25, -0.2) is 0 Å². The molecule has 4 atom stereocenters. The average molecular weight is 297 g/mol. The summed E-state index contributed by atoms with van der Waals surface area (Å²) in [5.74, 6) is 0. The van der Waals surface area contributed by atoms with Gasteiger partial charge in [-0.3, -0.25) is 4.90 Å². The van der Waals surface area contributed by atoms with E-state index in [1.54, 1.807) is 4.90 Å². The molecule has 1 aliphatic heterocycles. The fourth-order valence-corrected chi connectivity index (χ4v) is 2.58. The quantitative estimate of drug-likeness (QED) is 0.501. The summed E-state index contributed by atoms with van der Waals surface area (Å²) in [6.45, 7) is 1.31. The molecule has 1 heterocycles. The fraction of sp³-hybridized carbons (Fsp3) is 0.600. The second-order valence-corrected chi connectivity index (χ2v) is 5.33. The van der Waals surface area contributed by atoms with Crippen LogP contribution in [0.2, 0.25) is 0 Å². The number of rotatable bonds is 6. The molecule has 1 fully saturated rings. The Morgan fingerprint density at radius 2 is 1.81 bits per heavy atom. The number of hydrogen-bond acceptors (Lipinski definition) is 6. The molecular formula is C15H23NO5. The molecule has 0 saturated carbocycles. The number of aliphatic hydroxyl groups excluding tert-OH is 4. The lowest BCUT2D eigenvalue weighted by Gasteiger charge is -2.43. The van der Waals surface area contributed by atoms with Crippen molar-refractivity contribution < 1.29 is 25.2 Å². The minimum atomic E-state index is -1.22. The minimum Gasteiger partial charge on any atom is -0.395 e. The van der Waals surface area contributed by atoms with E-state index in [2.05, 4.69) is 0 Å². The van der Waals surface area contributed by atoms with Crippen molar-refractivity contribution >= 4 is 0 Å². The van der Waals surface area contributed by atoms with Crippen molar-refractivity contribution in [3.8, 4) is 0 Å². The Bertz CT molecular complexity index is 416. The fourth-order valence-electron chi connectivity index (χ4n) is 2.58. The van der Waals surface area contributed by atoms with Crippen molar-refractivity contribution in [2.24, 2.45) is 0 Å². The van der Waals surface area contributed by atoms with E-state index in [1.807, 2.05) is 30.3 Å². The number of aliphatic hydroxyl groups is 4. The first-order valence-corrected chi connectivity index (χ1v) is 7.14. The van der Waals surface area contributed by atoms with E-state index in [4.69, 9.17) is 4.74 Å². The van der Waals surface area contributed by atoms with Crippen LogP contribution >= 0.6 is 0 Å². The van der Waals surface area contributed by atoms with E-state index in [1.165, 1.54) is 0 Å². The van der Waals surface area contributed by atoms with Crippen LogP contribution in [-0.2, 0) is 11.3 Å². The molecule has 2 rings (SSSR count). The van der Waals surface area contributed by atoms with E-state index in [9.17, 15) is 20.4 Å². The Hall–Kier alpha value is -1.02. The van der Waals surface area contributed by atoms with Crippen molar-refractivity contribution in [2.45, 2.75) is 31.0 Å². The lowest BCUT2D eigenvalue weighted by Crippen LogP contribution is -2.62. The molecule has 0 radical (unpaired) electrons. The van der Waals surface area contributed by atoms with Crippen LogP contribution in [-0.4, -0.2) is 76.0 Å². The monoisotopic (exact) mass is 297 g/mol. The predicted octanol–water partition coefficient (Wildman–Crippen LogP) is -1.04. The molecule has 0 spiro atoms. The number of ether oxygens (including phenoxy) is 1. The Labute approximate surface area is 124 Å². The Morgan fingerprint density at radius 1 is 1.10 bits per heavy atom. The molecule has 1 aromatic rings. The summed E-state index contributed by atoms with van der Waals surface area (Å²) in [7, 11) is 0. The van der Waals surface area contributed by atoms with Crippen LogP contribution in [0.1, 0.15) is 5.56 Å². The number of nitrogens with zero attached hydrogens (tertiary/aromatic N) is 1. The molecule has 118 valence electrons. The summed E-state index contributed by atoms with van der Waals surface area (Å²) in [5, 5.41) is 38.5. The highest BCUT2D eigenvalue weighted by molar-refractivity contribution is 5.13. The van der Waals surface area contributed by atoms with Gasteiger partial charge in [0.25, 0.3) is 0 Å². The second kappa shape index (κ2) is 7.84. The Morgan fingerprint density at radius 3 is 2.48 bits per heavy atom. The first-order valence-electron chi connectivity index (χ1n) is 7.14. The summed E-state index contributed by atoms with van der Waals surface area (Å²) in [6.07, 6.45) is -3.39. The molecule has 6 nitrogen and oxygen atoms in total. The average Bonchev–Trinajstić information content (AvgIpc) is 2.50. The molecule has 0 unspecified atom stereocenters. The van der Waals surface area contributed by atoms with Crippen LogP contribution in [0, 0.1) is 0 Å². The van der Waals surface area contributed by atoms with Gasteiger partial charge < -0.3 is 25.2 Å². The van der Waals surface area contributed by atoms with Gasteiger partial charge >= 0.3 is 0 Å². The highest BCUT2D eigenvalue weighted by atomic mass is 16.5. The highest BCUT2D eigenvalue weighted by Crippen LogP contribution is 2.18. The van der Waals surface area contributed by atoms with Crippen LogP contribution in [0.25, 0.3) is 0 Å². The normalized spacial score (nSPS) is 30.5. The smallest absolute Gasteiger partial charge is 0.109 e. The van der Waals surface area contributed by atoms with Gasteiger partial charge in [0.15, 0.2) is 0 Å². The Balaban J connectivity index is 1.78. The molecule has 21 heavy (non-hydrogen) atoms. The third kappa shape index (κ3) is 4.23. The number of benzene rings is 1. The second-order valence-electron chi connectivity index (χ2n) is 5.33. The van der Waals surface area contributed by atoms with E-state index in [-0.39, 0.29) is 13.2 Å². The lowest BCUT2D eigenvalue weighted by molar-refractivity contribution is -0.147. The van der Waals surface area contributed by atoms with Gasteiger partial charge in [0.05, 0.1) is 32.0 Å². The van der Waals surface area contributed by atoms with Gasteiger partial charge in [0.1, 0.15) is 12.2 Å². The third-order valence-electron chi connectivity index (χ3n) is 3.85. The topological polar surface area (TPSA) is 93.4 Å². The van der Waals surface area contributed by atoms with Crippen LogP contribution in [0.15, 0.2) is 30.3 Å². The maximum Gasteiger partial charge on any atom is 0.109 e. The van der Waals surface area contributed by atoms with Gasteiger partial charge in [-0.05, 0) is 5.56 Å². The van der Waals surface area contributed by atoms with Crippen molar-refractivity contribution in [2.75, 3.05) is 26.3 Å². The van der Waals surface area contributed by atoms with Gasteiger partial charge in [0, 0.05) is 13.1 Å². The van der Waals surface area contributed by atoms with Crippen LogP contribution in [0.3, 0.4) is 0 Å². The predicted molar refractivity (Wildman–Crippen MR) is 76.6 cm³/mol. The number of hydrogen-bond donors (Lipinski definition) is 4. The van der Waals surface area contributed by atoms with Crippen molar-refractivity contribution in [3.63, 3.8) is 0 Å². The molecule has 1 aliphatic rings. The number of likely N-dealkylation sites (tertiary alicyclic amines) is 1. The van der Waals surface area contributed by atoms with Gasteiger partial charge in [-0.1, -0.05) is 30.3 Å². The van der Waals surface area contributed by atoms with E-state index < -0.39 is 24.4 Å². The SMILES string of the molecule is OC[C@@H]1[C@@H](O)[C@H](O)[C@@H](O)CN1CCOCc1ccccc1. The van der Waals surface area contributed by atoms with Crippen molar-refractivity contribution in [1.82, 2.24) is 4.90 Å². The van der Waals surface area contributed by atoms with Crippen LogP contribution in [0.4, 0.5) is 0 Å². The number of piperidine rings is 1. The molecule has 0 amide bonds. The zero-order valence-electron chi connectivity index (χ0n) is 11.9. The standard InChI is InChI=1S/C15H23NO5/c17-9-12-14(19)15(20)13(18)8-16(12)6-7-21-10-11-4-2-1-3-5-11/h1-5,12-15,17-20H,6-10H2/t12-,13+,14-,15-/m1/s1. The number of β-amino-alcohol motifs (C(OH)–C–C–N with tert-alkyl or cyclic N) is 1. The molecular weight excluding hydrogens is 274 g/mol. The van der Waals surface area contributed by atoms with Crippen molar-refractivity contribution in [3.05, 3.63) is 35.9 Å². The summed E-state index contributed by atoms with van der Waals surface area (Å²) in [5.41, 5.74) is 1.07. The zero-order chi connectivity index (χ0) is 15.2. The van der Waals surface area contributed by atoms with E-state index in [0.717, 1.165) is 5.56 Å². The van der Waals surface area contributed by atoms with Crippen LogP contribution in [0.5, 0.6) is 0 Å². The summed E-state index contributed by atoms with van der Waals surface area (Å²) in [6, 6.07) is 9.20. The molecule has 4 N–H and O–H groups in total. The minimum absolute atomic E-state index is 0.206. The molecule has 1 aromatic carbocycles. The highest BCUT2D eigenvalue weighted by Gasteiger charge is 2.40.